The van der Waals surface area contributed by atoms with Crippen LogP contribution in [-0.4, -0.2) is 57.8 Å². The van der Waals surface area contributed by atoms with Crippen molar-refractivity contribution in [3.05, 3.63) is 24.2 Å². The average molecular weight is 538 g/mol. The summed E-state index contributed by atoms with van der Waals surface area (Å²) in [6, 6.07) is 2.66. The van der Waals surface area contributed by atoms with Gasteiger partial charge in [-0.1, -0.05) is 31.8 Å². The van der Waals surface area contributed by atoms with Gasteiger partial charge < -0.3 is 24.7 Å². The van der Waals surface area contributed by atoms with Crippen LogP contribution in [0.15, 0.2) is 18.5 Å². The molecule has 0 saturated carbocycles. The lowest BCUT2D eigenvalue weighted by molar-refractivity contribution is -0.157. The molecule has 202 valence electrons. The van der Waals surface area contributed by atoms with Crippen LogP contribution in [0.4, 0.5) is 5.82 Å². The molecule has 0 bridgehead atoms. The highest BCUT2D eigenvalue weighted by Crippen LogP contribution is 2.41. The third kappa shape index (κ3) is 7.12. The van der Waals surface area contributed by atoms with Gasteiger partial charge in [0.1, 0.15) is 36.7 Å². The van der Waals surface area contributed by atoms with E-state index in [1.54, 1.807) is 36.8 Å². The first-order chi connectivity index (χ1) is 17.6. The molecule has 0 radical (unpaired) electrons. The fourth-order valence-electron chi connectivity index (χ4n) is 3.98. The average Bonchev–Trinajstić information content (AvgIpc) is 3.43. The Morgan fingerprint density at radius 1 is 1.32 bits per heavy atom. The molecule has 1 unspecified atom stereocenters. The molecule has 1 aliphatic rings. The summed E-state index contributed by atoms with van der Waals surface area (Å²) in [4.78, 5) is 16.2. The standard InChI is InChI=1S/C23H34N6O7P/c1-6-15(7-2)10-32-22(30)14(3)28-37(31)34-11-18(33-12-24)20-19(35-23(4,5)36-20)16-8-9-17-21(25)26-13-27-29(16)17/h8-9,13-15,18-20H,6-7,10-11H2,1-5H3,(H,28,31)(H2,25,26,27)/q+1/t14-,18+,19-,20+/m0/s1. The molecule has 37 heavy (non-hydrogen) atoms. The van der Waals surface area contributed by atoms with Crippen molar-refractivity contribution in [1.29, 1.82) is 5.26 Å². The van der Waals surface area contributed by atoms with Crippen molar-refractivity contribution in [3.8, 4) is 6.26 Å². The number of aromatic nitrogens is 3. The SMILES string of the molecule is CCC(CC)COC(=O)[C@H](C)N[P+](=O)OC[C@@H](OC#N)[C@H]1OC(C)(C)O[C@H]1c1ccc2c(N)ncnn12. The Hall–Kier alpha value is -2.88. The largest absolute Gasteiger partial charge is 0.613 e. The van der Waals surface area contributed by atoms with Crippen molar-refractivity contribution in [2.24, 2.45) is 5.92 Å². The summed E-state index contributed by atoms with van der Waals surface area (Å²) < 4.78 is 42.2. The third-order valence-electron chi connectivity index (χ3n) is 6.13. The van der Waals surface area contributed by atoms with Gasteiger partial charge in [-0.25, -0.2) is 9.50 Å². The molecule has 0 aromatic carbocycles. The first-order valence-electron chi connectivity index (χ1n) is 12.1. The minimum Gasteiger partial charge on any atom is -0.464 e. The number of nitrogens with one attached hydrogen (secondary N) is 1. The van der Waals surface area contributed by atoms with Crippen LogP contribution < -0.4 is 10.8 Å². The topological polar surface area (TPSA) is 172 Å². The molecule has 0 spiro atoms. The molecule has 0 amide bonds. The molecule has 1 fully saturated rings. The fourth-order valence-corrected chi connectivity index (χ4v) is 4.76. The fraction of sp³-hybridized carbons (Fsp3) is 0.652. The number of carbonyl (C=O) groups excluding carboxylic acids is 1. The lowest BCUT2D eigenvalue weighted by atomic mass is 10.1. The smallest absolute Gasteiger partial charge is 0.464 e. The zero-order valence-electron chi connectivity index (χ0n) is 21.6. The minimum atomic E-state index is -2.49. The molecule has 2 aromatic rings. The number of nitriles is 1. The monoisotopic (exact) mass is 537 g/mol. The molecule has 1 saturated heterocycles. The van der Waals surface area contributed by atoms with E-state index in [9.17, 15) is 14.6 Å². The van der Waals surface area contributed by atoms with E-state index in [0.717, 1.165) is 12.8 Å². The maximum absolute atomic E-state index is 12.5. The van der Waals surface area contributed by atoms with Gasteiger partial charge in [0.25, 0.3) is 6.26 Å². The number of esters is 1. The van der Waals surface area contributed by atoms with Gasteiger partial charge in [-0.05, 0) is 43.4 Å². The van der Waals surface area contributed by atoms with Crippen molar-refractivity contribution >= 4 is 25.5 Å². The molecular formula is C23H34N6O7P+. The molecule has 13 nitrogen and oxygen atoms in total. The summed E-state index contributed by atoms with van der Waals surface area (Å²) in [5.41, 5.74) is 7.13. The normalized spacial score (nSPS) is 20.9. The molecular weight excluding hydrogens is 503 g/mol. The van der Waals surface area contributed by atoms with Gasteiger partial charge in [0.2, 0.25) is 0 Å². The lowest BCUT2D eigenvalue weighted by Gasteiger charge is -2.22. The number of fused-ring (bicyclic) bond motifs is 1. The van der Waals surface area contributed by atoms with Crippen molar-refractivity contribution in [3.63, 3.8) is 0 Å². The molecule has 5 atom stereocenters. The van der Waals surface area contributed by atoms with E-state index < -0.39 is 44.3 Å². The molecule has 3 rings (SSSR count). The maximum Gasteiger partial charge on any atom is 0.613 e. The molecule has 3 heterocycles. The van der Waals surface area contributed by atoms with Crippen molar-refractivity contribution in [1.82, 2.24) is 19.7 Å². The van der Waals surface area contributed by atoms with E-state index in [1.807, 2.05) is 13.8 Å². The van der Waals surface area contributed by atoms with E-state index in [0.29, 0.717) is 23.6 Å². The van der Waals surface area contributed by atoms with Gasteiger partial charge in [0.05, 0.1) is 12.3 Å². The second-order valence-corrected chi connectivity index (χ2v) is 10.2. The second kappa shape index (κ2) is 12.6. The number of nitrogens with zero attached hydrogens (tertiary/aromatic N) is 4. The van der Waals surface area contributed by atoms with E-state index in [-0.39, 0.29) is 12.5 Å². The highest BCUT2D eigenvalue weighted by atomic mass is 31.1. The Morgan fingerprint density at radius 2 is 2.05 bits per heavy atom. The van der Waals surface area contributed by atoms with Gasteiger partial charge in [-0.3, -0.25) is 4.79 Å². The Bertz CT molecular complexity index is 1130. The predicted molar refractivity (Wildman–Crippen MR) is 132 cm³/mol. The Morgan fingerprint density at radius 3 is 2.73 bits per heavy atom. The summed E-state index contributed by atoms with van der Waals surface area (Å²) in [6.45, 7) is 9.05. The number of hydrogen-bond acceptors (Lipinski definition) is 11. The van der Waals surface area contributed by atoms with Gasteiger partial charge in [-0.2, -0.15) is 10.4 Å². The number of rotatable bonds is 13. The summed E-state index contributed by atoms with van der Waals surface area (Å²) in [7, 11) is -2.49. The summed E-state index contributed by atoms with van der Waals surface area (Å²) in [5.74, 6) is -0.987. The number of hydrogen-bond donors (Lipinski definition) is 2. The van der Waals surface area contributed by atoms with Crippen LogP contribution in [0, 0.1) is 17.4 Å². The van der Waals surface area contributed by atoms with E-state index in [1.165, 1.54) is 13.3 Å². The Labute approximate surface area is 216 Å². The number of nitrogen functional groups attached to an aromatic ring is 1. The van der Waals surface area contributed by atoms with E-state index in [2.05, 4.69) is 15.2 Å². The van der Waals surface area contributed by atoms with E-state index >= 15 is 0 Å². The molecule has 3 N–H and O–H groups in total. The van der Waals surface area contributed by atoms with Gasteiger partial charge in [0.15, 0.2) is 17.7 Å². The van der Waals surface area contributed by atoms with Gasteiger partial charge in [0, 0.05) is 0 Å². The van der Waals surface area contributed by atoms with E-state index in [4.69, 9.17) is 29.2 Å². The highest BCUT2D eigenvalue weighted by Gasteiger charge is 2.49. The van der Waals surface area contributed by atoms with Crippen LogP contribution in [0.1, 0.15) is 59.3 Å². The van der Waals surface area contributed by atoms with Crippen LogP contribution in [0.2, 0.25) is 0 Å². The Balaban J connectivity index is 1.67. The quantitative estimate of drug-likeness (QED) is 0.218. The zero-order valence-corrected chi connectivity index (χ0v) is 22.5. The van der Waals surface area contributed by atoms with Crippen molar-refractivity contribution in [2.45, 2.75) is 77.6 Å². The van der Waals surface area contributed by atoms with Gasteiger partial charge in [-0.15, -0.1) is 4.52 Å². The van der Waals surface area contributed by atoms with Gasteiger partial charge >= 0.3 is 14.1 Å². The molecule has 1 aliphatic heterocycles. The summed E-state index contributed by atoms with van der Waals surface area (Å²) >= 11 is 0. The number of nitrogens with two attached hydrogens (primary N) is 1. The minimum absolute atomic E-state index is 0.275. The third-order valence-corrected chi connectivity index (χ3v) is 7.11. The van der Waals surface area contributed by atoms with Crippen LogP contribution in [0.25, 0.3) is 5.52 Å². The second-order valence-electron chi connectivity index (χ2n) is 9.19. The van der Waals surface area contributed by atoms with Crippen LogP contribution in [-0.2, 0) is 32.8 Å². The van der Waals surface area contributed by atoms with Crippen molar-refractivity contribution in [2.75, 3.05) is 18.9 Å². The Kier molecular flexibility index (Phi) is 9.75. The highest BCUT2D eigenvalue weighted by molar-refractivity contribution is 7.36. The number of anilines is 1. The molecule has 2 aromatic heterocycles. The summed E-state index contributed by atoms with van der Waals surface area (Å²) in [6.07, 6.45) is 2.23. The number of ether oxygens (including phenoxy) is 4. The molecule has 0 aliphatic carbocycles. The van der Waals surface area contributed by atoms with Crippen LogP contribution in [0.3, 0.4) is 0 Å². The number of carbonyl (C=O) groups is 1. The van der Waals surface area contributed by atoms with Crippen molar-refractivity contribution < 1.29 is 32.8 Å². The zero-order chi connectivity index (χ0) is 27.2. The summed E-state index contributed by atoms with van der Waals surface area (Å²) in [5, 5.41) is 16.1. The first-order valence-corrected chi connectivity index (χ1v) is 13.3. The molecule has 14 heteroatoms. The van der Waals surface area contributed by atoms with Crippen LogP contribution in [0.5, 0.6) is 0 Å². The van der Waals surface area contributed by atoms with Crippen LogP contribution >= 0.6 is 8.18 Å². The first kappa shape index (κ1) is 28.7. The predicted octanol–water partition coefficient (Wildman–Crippen LogP) is 3.00. The maximum atomic E-state index is 12.5. The lowest BCUT2D eigenvalue weighted by Crippen LogP contribution is -2.37.